The molecule has 1 aromatic carbocycles. The van der Waals surface area contributed by atoms with Crippen molar-refractivity contribution in [3.63, 3.8) is 0 Å². The number of rotatable bonds is 7. The van der Waals surface area contributed by atoms with Gasteiger partial charge in [0.1, 0.15) is 8.07 Å². The second-order valence-electron chi connectivity index (χ2n) is 10.2. The fraction of sp³-hybridized carbons (Fsp3) is 0.600. The smallest absolute Gasteiger partial charge is 0.0737 e. The molecule has 0 radical (unpaired) electrons. The van der Waals surface area contributed by atoms with Gasteiger partial charge in [-0.3, -0.25) is 0 Å². The number of allylic oxidation sites excluding steroid dienone is 4. The van der Waals surface area contributed by atoms with E-state index in [1.165, 1.54) is 36.1 Å². The van der Waals surface area contributed by atoms with Gasteiger partial charge in [-0.15, -0.1) is 0 Å². The van der Waals surface area contributed by atoms with Crippen LogP contribution in [-0.4, -0.2) is 16.1 Å². The second-order valence-corrected chi connectivity index (χ2v) is 20.1. The third-order valence-corrected chi connectivity index (χ3v) is 15.9. The summed E-state index contributed by atoms with van der Waals surface area (Å²) in [6.45, 7) is 24.2. The zero-order valence-electron chi connectivity index (χ0n) is 19.6. The van der Waals surface area contributed by atoms with Crippen molar-refractivity contribution in [2.24, 2.45) is 0 Å². The van der Waals surface area contributed by atoms with Crippen molar-refractivity contribution in [2.45, 2.75) is 98.1 Å². The molecule has 0 aliphatic heterocycles. The summed E-state index contributed by atoms with van der Waals surface area (Å²) in [6.07, 6.45) is 5.24. The van der Waals surface area contributed by atoms with Gasteiger partial charge in [0, 0.05) is 5.04 Å². The normalized spacial score (nSPS) is 21.0. The van der Waals surface area contributed by atoms with Crippen LogP contribution < -0.4 is 10.4 Å². The van der Waals surface area contributed by atoms with E-state index in [1.54, 1.807) is 21.5 Å². The van der Waals surface area contributed by atoms with Gasteiger partial charge in [0.05, 0.1) is 8.07 Å². The monoisotopic (exact) mass is 398 g/mol. The molecule has 1 aromatic rings. The number of hydrogen-bond acceptors (Lipinski definition) is 0. The molecule has 2 heteroatoms. The van der Waals surface area contributed by atoms with Crippen LogP contribution in [0.5, 0.6) is 0 Å². The summed E-state index contributed by atoms with van der Waals surface area (Å²) < 4.78 is 0. The number of benzene rings is 1. The van der Waals surface area contributed by atoms with Crippen molar-refractivity contribution in [3.05, 3.63) is 46.6 Å². The Kier molecular flexibility index (Phi) is 6.53. The van der Waals surface area contributed by atoms with Crippen molar-refractivity contribution in [1.82, 2.24) is 0 Å². The van der Waals surface area contributed by atoms with Gasteiger partial charge in [-0.1, -0.05) is 117 Å². The average molecular weight is 399 g/mol. The van der Waals surface area contributed by atoms with Gasteiger partial charge < -0.3 is 0 Å². The highest BCUT2D eigenvalue weighted by Gasteiger charge is 2.52. The van der Waals surface area contributed by atoms with Crippen LogP contribution in [0.15, 0.2) is 41.0 Å². The van der Waals surface area contributed by atoms with E-state index >= 15 is 0 Å². The summed E-state index contributed by atoms with van der Waals surface area (Å²) in [6, 6.07) is 10.5. The maximum absolute atomic E-state index is 2.66. The van der Waals surface area contributed by atoms with Gasteiger partial charge >= 0.3 is 0 Å². The predicted molar refractivity (Wildman–Crippen MR) is 130 cm³/mol. The lowest BCUT2D eigenvalue weighted by atomic mass is 10.0. The standard InChI is InChI=1S/C25H42Si2/c1-11-13-27(14-12-2,25(7)18-20(4)21(5)22(25)6)24-16-19(3)15-23(17-24)26(8,9)10/h15-18H,11-14H2,1-10H3. The molecule has 0 spiro atoms. The average Bonchev–Trinajstić information content (AvgIpc) is 2.77. The summed E-state index contributed by atoms with van der Waals surface area (Å²) in [5.74, 6) is 0. The van der Waals surface area contributed by atoms with E-state index in [0.717, 1.165) is 0 Å². The Bertz CT molecular complexity index is 755. The van der Waals surface area contributed by atoms with E-state index in [1.807, 2.05) is 0 Å². The minimum Gasteiger partial charge on any atom is -0.0737 e. The summed E-state index contributed by atoms with van der Waals surface area (Å²) in [5.41, 5.74) is 6.16. The van der Waals surface area contributed by atoms with Crippen molar-refractivity contribution < 1.29 is 0 Å². The minimum atomic E-state index is -1.76. The first-order chi connectivity index (χ1) is 12.4. The van der Waals surface area contributed by atoms with Crippen LogP contribution in [0.3, 0.4) is 0 Å². The topological polar surface area (TPSA) is 0 Å². The molecule has 0 heterocycles. The van der Waals surface area contributed by atoms with Crippen LogP contribution in [0.1, 0.15) is 59.9 Å². The molecule has 0 fully saturated rings. The number of hydrogen-bond donors (Lipinski definition) is 0. The van der Waals surface area contributed by atoms with E-state index in [4.69, 9.17) is 0 Å². The van der Waals surface area contributed by atoms with Crippen LogP contribution in [-0.2, 0) is 0 Å². The van der Waals surface area contributed by atoms with Gasteiger partial charge in [0.15, 0.2) is 0 Å². The molecule has 0 bridgehead atoms. The molecule has 150 valence electrons. The van der Waals surface area contributed by atoms with Crippen molar-refractivity contribution in [2.75, 3.05) is 0 Å². The quantitative estimate of drug-likeness (QED) is 0.431. The Hall–Kier alpha value is -0.866. The van der Waals surface area contributed by atoms with Crippen LogP contribution in [0.4, 0.5) is 0 Å². The molecule has 0 aromatic heterocycles. The van der Waals surface area contributed by atoms with Crippen molar-refractivity contribution in [3.8, 4) is 0 Å². The lowest BCUT2D eigenvalue weighted by Gasteiger charge is -2.47. The first kappa shape index (κ1) is 22.4. The molecule has 0 N–H and O–H groups in total. The zero-order valence-corrected chi connectivity index (χ0v) is 21.6. The summed E-state index contributed by atoms with van der Waals surface area (Å²) in [7, 11) is -3.10. The van der Waals surface area contributed by atoms with E-state index in [9.17, 15) is 0 Å². The third kappa shape index (κ3) is 3.85. The van der Waals surface area contributed by atoms with Crippen LogP contribution >= 0.6 is 0 Å². The summed E-state index contributed by atoms with van der Waals surface area (Å²) in [4.78, 5) is 0. The summed E-state index contributed by atoms with van der Waals surface area (Å²) in [5, 5.41) is 3.61. The highest BCUT2D eigenvalue weighted by atomic mass is 28.3. The molecule has 2 rings (SSSR count). The Balaban J connectivity index is 2.83. The lowest BCUT2D eigenvalue weighted by molar-refractivity contribution is 0.806. The van der Waals surface area contributed by atoms with E-state index in [0.29, 0.717) is 0 Å². The fourth-order valence-corrected chi connectivity index (χ4v) is 13.3. The molecule has 1 atom stereocenters. The van der Waals surface area contributed by atoms with Gasteiger partial charge in [0.25, 0.3) is 0 Å². The molecule has 0 amide bonds. The third-order valence-electron chi connectivity index (χ3n) is 7.28. The molecule has 1 unspecified atom stereocenters. The van der Waals surface area contributed by atoms with E-state index in [-0.39, 0.29) is 5.04 Å². The SMILES string of the molecule is CCC[Si](CCC)(c1cc(C)cc([Si](C)(C)C)c1)C1(C)C=C(C)C(C)=C1C. The van der Waals surface area contributed by atoms with Crippen molar-refractivity contribution in [1.29, 1.82) is 0 Å². The second kappa shape index (κ2) is 7.87. The first-order valence-corrected chi connectivity index (χ1v) is 16.8. The van der Waals surface area contributed by atoms with Crippen LogP contribution in [0.2, 0.25) is 36.8 Å². The molecule has 27 heavy (non-hydrogen) atoms. The van der Waals surface area contributed by atoms with Crippen LogP contribution in [0.25, 0.3) is 0 Å². The lowest BCUT2D eigenvalue weighted by Crippen LogP contribution is -2.58. The van der Waals surface area contributed by atoms with Gasteiger partial charge in [0.2, 0.25) is 0 Å². The Labute approximate surface area is 171 Å². The van der Waals surface area contributed by atoms with Crippen molar-refractivity contribution >= 4 is 26.5 Å². The van der Waals surface area contributed by atoms with E-state index in [2.05, 4.69) is 92.4 Å². The number of aryl methyl sites for hydroxylation is 1. The molecule has 0 saturated heterocycles. The highest BCUT2D eigenvalue weighted by molar-refractivity contribution is 6.96. The Morgan fingerprint density at radius 1 is 0.815 bits per heavy atom. The minimum absolute atomic E-state index is 0.248. The molecule has 0 nitrogen and oxygen atoms in total. The predicted octanol–water partition coefficient (Wildman–Crippen LogP) is 7.07. The van der Waals surface area contributed by atoms with Crippen LogP contribution in [0, 0.1) is 6.92 Å². The summed E-state index contributed by atoms with van der Waals surface area (Å²) >= 11 is 0. The highest BCUT2D eigenvalue weighted by Crippen LogP contribution is 2.56. The molecular formula is C25H42Si2. The maximum Gasteiger partial charge on any atom is 0.101 e. The van der Waals surface area contributed by atoms with Gasteiger partial charge in [-0.25, -0.2) is 0 Å². The van der Waals surface area contributed by atoms with E-state index < -0.39 is 16.1 Å². The fourth-order valence-electron chi connectivity index (χ4n) is 5.41. The molecule has 0 saturated carbocycles. The van der Waals surface area contributed by atoms with Gasteiger partial charge in [-0.2, -0.15) is 0 Å². The largest absolute Gasteiger partial charge is 0.101 e. The Morgan fingerprint density at radius 2 is 1.33 bits per heavy atom. The molecule has 1 aliphatic rings. The maximum atomic E-state index is 2.66. The zero-order chi connectivity index (χ0) is 20.6. The first-order valence-electron chi connectivity index (χ1n) is 10.9. The van der Waals surface area contributed by atoms with Gasteiger partial charge in [-0.05, 0) is 33.3 Å². The molecular weight excluding hydrogens is 356 g/mol. The molecule has 1 aliphatic carbocycles. The Morgan fingerprint density at radius 3 is 1.74 bits per heavy atom.